The molecule has 3 N–H and O–H groups in total. The van der Waals surface area contributed by atoms with Crippen molar-refractivity contribution in [3.05, 3.63) is 35.9 Å². The van der Waals surface area contributed by atoms with Crippen LogP contribution in [0.25, 0.3) is 0 Å². The number of carbonyl (C=O) groups is 2. The first-order chi connectivity index (χ1) is 14.9. The van der Waals surface area contributed by atoms with Crippen molar-refractivity contribution in [1.29, 1.82) is 0 Å². The minimum absolute atomic E-state index is 0.0405. The third kappa shape index (κ3) is 4.28. The summed E-state index contributed by atoms with van der Waals surface area (Å²) >= 11 is 0. The quantitative estimate of drug-likeness (QED) is 0.579. The molecular formula is C23H33N3O4S. The number of Topliss-reactive ketones (excluding diaryl/α,β-unsaturated/α-hetero) is 1. The van der Waals surface area contributed by atoms with Gasteiger partial charge in [0.25, 0.3) is 0 Å². The van der Waals surface area contributed by atoms with Crippen LogP contribution < -0.4 is 5.32 Å². The highest BCUT2D eigenvalue weighted by atomic mass is 32.3. The summed E-state index contributed by atoms with van der Waals surface area (Å²) in [7, 11) is -3.34. The fourth-order valence-electron chi connectivity index (χ4n) is 6.59. The van der Waals surface area contributed by atoms with E-state index in [1.807, 2.05) is 6.07 Å². The first-order valence-electron chi connectivity index (χ1n) is 11.6. The van der Waals surface area contributed by atoms with Crippen LogP contribution in [0, 0.1) is 23.7 Å². The van der Waals surface area contributed by atoms with Gasteiger partial charge in [0.15, 0.2) is 5.78 Å². The van der Waals surface area contributed by atoms with Crippen LogP contribution >= 0.6 is 11.0 Å². The lowest BCUT2D eigenvalue weighted by atomic mass is 9.54. The van der Waals surface area contributed by atoms with E-state index in [-0.39, 0.29) is 30.8 Å². The molecule has 6 rings (SSSR count). The van der Waals surface area contributed by atoms with Gasteiger partial charge in [-0.25, -0.2) is 0 Å². The number of ketones is 1. The lowest BCUT2D eigenvalue weighted by Gasteiger charge is -2.55. The van der Waals surface area contributed by atoms with E-state index in [9.17, 15) is 18.7 Å². The minimum Gasteiger partial charge on any atom is -0.352 e. The number of nitrogens with one attached hydrogen (secondary N) is 1. The van der Waals surface area contributed by atoms with Crippen molar-refractivity contribution < 1.29 is 18.7 Å². The molecule has 1 amide bonds. The van der Waals surface area contributed by atoms with Crippen LogP contribution in [0.15, 0.2) is 30.3 Å². The average molecular weight is 448 g/mol. The molecule has 0 aromatic heterocycles. The van der Waals surface area contributed by atoms with Crippen molar-refractivity contribution in [1.82, 2.24) is 13.9 Å². The number of nitrogens with zero attached hydrogens (tertiary/aromatic N) is 2. The highest BCUT2D eigenvalue weighted by molar-refractivity contribution is 8.20. The third-order valence-corrected chi connectivity index (χ3v) is 9.81. The SMILES string of the molecule is O=C(CN1CCCN(CC(=O)c2ccccc2)S1(O)O)NC1C2CC3CC(C2)CC1C3. The van der Waals surface area contributed by atoms with Crippen LogP contribution in [0.1, 0.15) is 48.9 Å². The number of hydrogen-bond acceptors (Lipinski definition) is 6. The van der Waals surface area contributed by atoms with Gasteiger partial charge in [-0.15, -0.1) is 0 Å². The number of rotatable bonds is 6. The molecule has 1 saturated heterocycles. The summed E-state index contributed by atoms with van der Waals surface area (Å²) in [6.45, 7) is 0.753. The largest absolute Gasteiger partial charge is 0.352 e. The Labute approximate surface area is 185 Å². The van der Waals surface area contributed by atoms with Crippen molar-refractivity contribution in [2.45, 2.75) is 44.6 Å². The normalized spacial score (nSPS) is 35.6. The average Bonchev–Trinajstić information content (AvgIpc) is 2.74. The van der Waals surface area contributed by atoms with Crippen LogP contribution in [0.4, 0.5) is 0 Å². The van der Waals surface area contributed by atoms with Crippen LogP contribution in [0.5, 0.6) is 0 Å². The lowest BCUT2D eigenvalue weighted by molar-refractivity contribution is -0.125. The molecule has 1 heterocycles. The Balaban J connectivity index is 1.20. The van der Waals surface area contributed by atoms with Gasteiger partial charge in [0, 0.05) is 24.7 Å². The van der Waals surface area contributed by atoms with E-state index in [2.05, 4.69) is 5.32 Å². The van der Waals surface area contributed by atoms with E-state index in [1.54, 1.807) is 24.3 Å². The maximum Gasteiger partial charge on any atom is 0.236 e. The molecular weight excluding hydrogens is 414 g/mol. The van der Waals surface area contributed by atoms with Gasteiger partial charge >= 0.3 is 0 Å². The van der Waals surface area contributed by atoms with Gasteiger partial charge in [-0.3, -0.25) is 18.7 Å². The van der Waals surface area contributed by atoms with E-state index >= 15 is 0 Å². The van der Waals surface area contributed by atoms with Gasteiger partial charge in [0.1, 0.15) is 0 Å². The van der Waals surface area contributed by atoms with Gasteiger partial charge in [-0.1, -0.05) is 41.3 Å². The molecule has 5 aliphatic rings. The molecule has 5 fully saturated rings. The second-order valence-corrected chi connectivity index (χ2v) is 11.9. The van der Waals surface area contributed by atoms with Crippen molar-refractivity contribution in [2.75, 3.05) is 26.2 Å². The zero-order valence-corrected chi connectivity index (χ0v) is 18.7. The van der Waals surface area contributed by atoms with Crippen LogP contribution in [-0.4, -0.2) is 61.6 Å². The van der Waals surface area contributed by atoms with Gasteiger partial charge in [0.05, 0.1) is 13.1 Å². The molecule has 0 atom stereocenters. The molecule has 0 radical (unpaired) electrons. The van der Waals surface area contributed by atoms with Crippen molar-refractivity contribution in [2.24, 2.45) is 23.7 Å². The Bertz CT molecular complexity index is 805. The molecule has 0 spiro atoms. The molecule has 8 heteroatoms. The van der Waals surface area contributed by atoms with Crippen molar-refractivity contribution >= 4 is 22.7 Å². The Morgan fingerprint density at radius 3 is 2.10 bits per heavy atom. The second kappa shape index (κ2) is 8.48. The maximum atomic E-state index is 12.9. The van der Waals surface area contributed by atoms with Crippen LogP contribution in [0.2, 0.25) is 0 Å². The summed E-state index contributed by atoms with van der Waals surface area (Å²) in [6.07, 6.45) is 6.97. The van der Waals surface area contributed by atoms with Crippen LogP contribution in [0.3, 0.4) is 0 Å². The molecule has 0 unspecified atom stereocenters. The zero-order valence-electron chi connectivity index (χ0n) is 17.9. The Kier molecular flexibility index (Phi) is 5.85. The van der Waals surface area contributed by atoms with Crippen LogP contribution in [-0.2, 0) is 4.79 Å². The summed E-state index contributed by atoms with van der Waals surface area (Å²) in [5.74, 6) is 2.58. The predicted octanol–water partition coefficient (Wildman–Crippen LogP) is 3.40. The number of amides is 1. The second-order valence-electron chi connectivity index (χ2n) is 9.88. The zero-order chi connectivity index (χ0) is 21.6. The third-order valence-electron chi connectivity index (χ3n) is 7.80. The minimum atomic E-state index is -3.34. The monoisotopic (exact) mass is 447 g/mol. The molecule has 31 heavy (non-hydrogen) atoms. The first-order valence-corrected chi connectivity index (χ1v) is 13.0. The molecule has 1 aromatic carbocycles. The molecule has 4 aliphatic carbocycles. The summed E-state index contributed by atoms with van der Waals surface area (Å²) in [6, 6.07) is 9.13. The van der Waals surface area contributed by atoms with Gasteiger partial charge < -0.3 is 5.32 Å². The van der Waals surface area contributed by atoms with Gasteiger partial charge in [-0.2, -0.15) is 8.61 Å². The van der Waals surface area contributed by atoms with Gasteiger partial charge in [0.2, 0.25) is 5.91 Å². The Morgan fingerprint density at radius 2 is 1.48 bits per heavy atom. The van der Waals surface area contributed by atoms with E-state index in [0.29, 0.717) is 36.9 Å². The predicted molar refractivity (Wildman–Crippen MR) is 120 cm³/mol. The summed E-state index contributed by atoms with van der Waals surface area (Å²) in [4.78, 5) is 25.5. The number of benzene rings is 1. The van der Waals surface area contributed by atoms with E-state index in [4.69, 9.17) is 0 Å². The fraction of sp³-hybridized carbons (Fsp3) is 0.652. The molecule has 170 valence electrons. The summed E-state index contributed by atoms with van der Waals surface area (Å²) in [5, 5.41) is 3.25. The lowest BCUT2D eigenvalue weighted by Crippen LogP contribution is -2.58. The fourth-order valence-corrected chi connectivity index (χ4v) is 8.25. The molecule has 1 aromatic rings. The molecule has 1 aliphatic heterocycles. The highest BCUT2D eigenvalue weighted by Crippen LogP contribution is 2.54. The Hall–Kier alpha value is -1.45. The first kappa shape index (κ1) is 21.4. The van der Waals surface area contributed by atoms with E-state index in [0.717, 1.165) is 11.8 Å². The molecule has 7 nitrogen and oxygen atoms in total. The van der Waals surface area contributed by atoms with E-state index in [1.165, 1.54) is 40.7 Å². The highest BCUT2D eigenvalue weighted by Gasteiger charge is 2.48. The Morgan fingerprint density at radius 1 is 0.903 bits per heavy atom. The van der Waals surface area contributed by atoms with Crippen molar-refractivity contribution in [3.63, 3.8) is 0 Å². The summed E-state index contributed by atoms with van der Waals surface area (Å²) in [5.41, 5.74) is 0.550. The van der Waals surface area contributed by atoms with E-state index < -0.39 is 11.0 Å². The topological polar surface area (TPSA) is 93.1 Å². The maximum absolute atomic E-state index is 12.9. The number of carbonyl (C=O) groups excluding carboxylic acids is 2. The molecule has 4 bridgehead atoms. The van der Waals surface area contributed by atoms with Gasteiger partial charge in [-0.05, 0) is 62.2 Å². The smallest absolute Gasteiger partial charge is 0.236 e. The summed E-state index contributed by atoms with van der Waals surface area (Å²) < 4.78 is 24.7. The van der Waals surface area contributed by atoms with Crippen molar-refractivity contribution in [3.8, 4) is 0 Å². The standard InChI is InChI=1S/C23H33N3O4S/c27-21(18-5-2-1-3-6-18)14-25-7-4-8-26(31(25,29)30)15-22(28)24-23-19-10-16-9-17(12-19)13-20(23)11-16/h1-3,5-6,16-17,19-20,23,29-30H,4,7-15H2,(H,24,28). The number of hydrogen-bond donors (Lipinski definition) is 3. The molecule has 4 saturated carbocycles.